The molecule has 2 N–H and O–H groups in total. The molecule has 1 saturated heterocycles. The number of nitrogens with one attached hydrogen (secondary N) is 1. The summed E-state index contributed by atoms with van der Waals surface area (Å²) in [5.74, 6) is 0. The van der Waals surface area contributed by atoms with E-state index in [0.29, 0.717) is 11.5 Å². The van der Waals surface area contributed by atoms with Gasteiger partial charge in [-0.1, -0.05) is 26.2 Å². The maximum Gasteiger partial charge on any atom is 0.0933 e. The second-order valence-electron chi connectivity index (χ2n) is 7.15. The average molecular weight is 298 g/mol. The highest BCUT2D eigenvalue weighted by Gasteiger charge is 2.36. The van der Waals surface area contributed by atoms with E-state index in [1.165, 1.54) is 38.5 Å². The lowest BCUT2D eigenvalue weighted by atomic mass is 9.73. The van der Waals surface area contributed by atoms with Crippen LogP contribution < -0.4 is 5.32 Å². The third kappa shape index (κ3) is 4.92. The Hall–Kier alpha value is -0.160. The molecule has 0 radical (unpaired) electrons. The molecule has 0 aromatic rings. The number of hydrogen-bond donors (Lipinski definition) is 2. The smallest absolute Gasteiger partial charge is 0.0933 e. The molecule has 0 aromatic carbocycles. The highest BCUT2D eigenvalue weighted by atomic mass is 16.5. The first-order valence-electron chi connectivity index (χ1n) is 8.86. The summed E-state index contributed by atoms with van der Waals surface area (Å²) in [5.41, 5.74) is 0.430. The Morgan fingerprint density at radius 2 is 2.05 bits per heavy atom. The van der Waals surface area contributed by atoms with Crippen LogP contribution in [0.15, 0.2) is 0 Å². The van der Waals surface area contributed by atoms with Gasteiger partial charge >= 0.3 is 0 Å². The molecule has 2 unspecified atom stereocenters. The Labute approximate surface area is 130 Å². The molecule has 1 aliphatic carbocycles. The first kappa shape index (κ1) is 17.2. The van der Waals surface area contributed by atoms with Crippen molar-refractivity contribution in [2.75, 3.05) is 39.4 Å². The van der Waals surface area contributed by atoms with E-state index < -0.39 is 0 Å². The maximum absolute atomic E-state index is 9.37. The molecule has 2 atom stereocenters. The largest absolute Gasteiger partial charge is 0.394 e. The zero-order valence-electron chi connectivity index (χ0n) is 13.9. The lowest BCUT2D eigenvalue weighted by Gasteiger charge is -2.46. The van der Waals surface area contributed by atoms with Gasteiger partial charge in [0.15, 0.2) is 0 Å². The van der Waals surface area contributed by atoms with Gasteiger partial charge in [-0.05, 0) is 38.1 Å². The van der Waals surface area contributed by atoms with Gasteiger partial charge in [-0.2, -0.15) is 0 Å². The van der Waals surface area contributed by atoms with Crippen molar-refractivity contribution in [1.82, 2.24) is 10.2 Å². The fourth-order valence-corrected chi connectivity index (χ4v) is 3.86. The van der Waals surface area contributed by atoms with E-state index in [1.807, 2.05) is 0 Å². The number of aliphatic hydroxyl groups is 1. The van der Waals surface area contributed by atoms with E-state index in [1.54, 1.807) is 0 Å². The Morgan fingerprint density at radius 1 is 1.29 bits per heavy atom. The number of hydrogen-bond acceptors (Lipinski definition) is 4. The number of nitrogens with zero attached hydrogens (tertiary/aromatic N) is 1. The summed E-state index contributed by atoms with van der Waals surface area (Å²) in [7, 11) is 0. The summed E-state index contributed by atoms with van der Waals surface area (Å²) in [6.45, 7) is 9.69. The van der Waals surface area contributed by atoms with Crippen LogP contribution in [0.2, 0.25) is 0 Å². The molecule has 2 rings (SSSR count). The number of aliphatic hydroxyl groups excluding tert-OH is 1. The van der Waals surface area contributed by atoms with Crippen molar-refractivity contribution in [3.05, 3.63) is 0 Å². The molecule has 1 aliphatic heterocycles. The Morgan fingerprint density at radius 3 is 2.71 bits per heavy atom. The third-order valence-electron chi connectivity index (χ3n) is 5.22. The lowest BCUT2D eigenvalue weighted by molar-refractivity contribution is -0.0906. The van der Waals surface area contributed by atoms with Gasteiger partial charge in [-0.15, -0.1) is 0 Å². The van der Waals surface area contributed by atoms with Gasteiger partial charge < -0.3 is 15.2 Å². The molecular weight excluding hydrogens is 264 g/mol. The van der Waals surface area contributed by atoms with E-state index in [-0.39, 0.29) is 12.7 Å². The summed E-state index contributed by atoms with van der Waals surface area (Å²) >= 11 is 0. The summed E-state index contributed by atoms with van der Waals surface area (Å²) in [6.07, 6.45) is 8.04. The fourth-order valence-electron chi connectivity index (χ4n) is 3.86. The van der Waals surface area contributed by atoms with Crippen molar-refractivity contribution in [1.29, 1.82) is 0 Å². The molecule has 0 aromatic heterocycles. The predicted octanol–water partition coefficient (Wildman–Crippen LogP) is 2.02. The number of rotatable bonds is 7. The van der Waals surface area contributed by atoms with Crippen LogP contribution in [0.25, 0.3) is 0 Å². The second kappa shape index (κ2) is 8.47. The van der Waals surface area contributed by atoms with Crippen molar-refractivity contribution in [3.63, 3.8) is 0 Å². The van der Waals surface area contributed by atoms with Gasteiger partial charge in [0.1, 0.15) is 0 Å². The molecule has 0 amide bonds. The molecule has 2 aliphatic rings. The SMILES string of the molecule is CCCNCC1(CN2CC(CO)OCC2C)CCCCC1. The molecule has 1 heterocycles. The molecule has 0 spiro atoms. The predicted molar refractivity (Wildman–Crippen MR) is 86.5 cm³/mol. The molecular formula is C17H34N2O2. The van der Waals surface area contributed by atoms with Crippen molar-refractivity contribution in [3.8, 4) is 0 Å². The van der Waals surface area contributed by atoms with E-state index in [0.717, 1.165) is 32.8 Å². The zero-order valence-corrected chi connectivity index (χ0v) is 13.9. The summed E-state index contributed by atoms with van der Waals surface area (Å²) in [6, 6.07) is 0.470. The molecule has 4 heteroatoms. The van der Waals surface area contributed by atoms with E-state index in [4.69, 9.17) is 4.74 Å². The van der Waals surface area contributed by atoms with Crippen LogP contribution >= 0.6 is 0 Å². The van der Waals surface area contributed by atoms with Crippen LogP contribution in [0.4, 0.5) is 0 Å². The van der Waals surface area contributed by atoms with Crippen LogP contribution in [0, 0.1) is 5.41 Å². The zero-order chi connectivity index (χ0) is 15.1. The minimum atomic E-state index is 0.00504. The van der Waals surface area contributed by atoms with Crippen molar-refractivity contribution < 1.29 is 9.84 Å². The molecule has 0 bridgehead atoms. The van der Waals surface area contributed by atoms with Gasteiger partial charge in [0.05, 0.1) is 19.3 Å². The highest BCUT2D eigenvalue weighted by Crippen LogP contribution is 2.37. The fraction of sp³-hybridized carbons (Fsp3) is 1.00. The van der Waals surface area contributed by atoms with Crippen LogP contribution in [0.1, 0.15) is 52.4 Å². The number of ether oxygens (including phenoxy) is 1. The topological polar surface area (TPSA) is 44.7 Å². The molecule has 1 saturated carbocycles. The Bertz CT molecular complexity index is 293. The van der Waals surface area contributed by atoms with Crippen LogP contribution in [-0.2, 0) is 4.74 Å². The number of morpholine rings is 1. The minimum absolute atomic E-state index is 0.00504. The summed E-state index contributed by atoms with van der Waals surface area (Å²) in [5, 5.41) is 13.0. The Balaban J connectivity index is 1.95. The maximum atomic E-state index is 9.37. The quantitative estimate of drug-likeness (QED) is 0.706. The molecule has 124 valence electrons. The first-order valence-corrected chi connectivity index (χ1v) is 8.86. The van der Waals surface area contributed by atoms with Gasteiger partial charge in [0.2, 0.25) is 0 Å². The van der Waals surface area contributed by atoms with E-state index >= 15 is 0 Å². The van der Waals surface area contributed by atoms with Crippen LogP contribution in [0.3, 0.4) is 0 Å². The van der Waals surface area contributed by atoms with Crippen LogP contribution in [-0.4, -0.2) is 61.5 Å². The monoisotopic (exact) mass is 298 g/mol. The van der Waals surface area contributed by atoms with Crippen LogP contribution in [0.5, 0.6) is 0 Å². The average Bonchev–Trinajstić information content (AvgIpc) is 2.51. The first-order chi connectivity index (χ1) is 10.2. The molecule has 2 fully saturated rings. The van der Waals surface area contributed by atoms with Gasteiger partial charge in [0, 0.05) is 25.7 Å². The lowest BCUT2D eigenvalue weighted by Crippen LogP contribution is -2.55. The van der Waals surface area contributed by atoms with E-state index in [9.17, 15) is 5.11 Å². The van der Waals surface area contributed by atoms with Gasteiger partial charge in [-0.3, -0.25) is 4.90 Å². The normalized spacial score (nSPS) is 30.4. The van der Waals surface area contributed by atoms with Crippen molar-refractivity contribution in [2.45, 2.75) is 64.5 Å². The standard InChI is InChI=1S/C17H34N2O2/c1-3-9-18-13-17(7-5-4-6-8-17)14-19-10-16(11-20)21-12-15(19)2/h15-16,18,20H,3-14H2,1-2H3. The highest BCUT2D eigenvalue weighted by molar-refractivity contribution is 4.90. The van der Waals surface area contributed by atoms with Gasteiger partial charge in [-0.25, -0.2) is 0 Å². The summed E-state index contributed by atoms with van der Waals surface area (Å²) in [4.78, 5) is 2.56. The third-order valence-corrected chi connectivity index (χ3v) is 5.22. The molecule has 4 nitrogen and oxygen atoms in total. The van der Waals surface area contributed by atoms with Gasteiger partial charge in [0.25, 0.3) is 0 Å². The second-order valence-corrected chi connectivity index (χ2v) is 7.15. The van der Waals surface area contributed by atoms with E-state index in [2.05, 4.69) is 24.1 Å². The minimum Gasteiger partial charge on any atom is -0.394 e. The Kier molecular flexibility index (Phi) is 6.93. The molecule has 21 heavy (non-hydrogen) atoms. The van der Waals surface area contributed by atoms with Crippen molar-refractivity contribution >= 4 is 0 Å². The summed E-state index contributed by atoms with van der Waals surface area (Å²) < 4.78 is 5.68. The van der Waals surface area contributed by atoms with Crippen molar-refractivity contribution in [2.24, 2.45) is 5.41 Å².